The van der Waals surface area contributed by atoms with E-state index in [1.165, 1.54) is 0 Å². The zero-order valence-electron chi connectivity index (χ0n) is 7.00. The van der Waals surface area contributed by atoms with Crippen LogP contribution in [0.4, 0.5) is 4.39 Å². The van der Waals surface area contributed by atoms with Crippen LogP contribution in [0.1, 0.15) is 13.3 Å². The molecule has 3 nitrogen and oxygen atoms in total. The van der Waals surface area contributed by atoms with Gasteiger partial charge in [-0.05, 0) is 13.3 Å². The Labute approximate surface area is 70.5 Å². The average Bonchev–Trinajstić information content (AvgIpc) is 2.46. The van der Waals surface area contributed by atoms with Crippen LogP contribution in [0.3, 0.4) is 0 Å². The lowest BCUT2D eigenvalue weighted by Gasteiger charge is -2.25. The summed E-state index contributed by atoms with van der Waals surface area (Å²) in [6.45, 7) is 2.04. The standard InChI is InChI=1S/C8H12FNO2/c1-5-2-6-7(4-11-5)10-12-8(6)3-9/h5-6,8H,2-4H2,1H3. The molecule has 0 bridgehead atoms. The molecule has 0 aromatic carbocycles. The molecule has 0 aromatic rings. The molecule has 3 atom stereocenters. The van der Waals surface area contributed by atoms with E-state index in [0.717, 1.165) is 12.1 Å². The molecule has 12 heavy (non-hydrogen) atoms. The van der Waals surface area contributed by atoms with Crippen molar-refractivity contribution < 1.29 is 14.0 Å². The van der Waals surface area contributed by atoms with Gasteiger partial charge in [0.25, 0.3) is 0 Å². The maximum atomic E-state index is 12.4. The zero-order valence-corrected chi connectivity index (χ0v) is 7.00. The van der Waals surface area contributed by atoms with Gasteiger partial charge in [0.05, 0.1) is 18.4 Å². The summed E-state index contributed by atoms with van der Waals surface area (Å²) in [5.74, 6) is 0.152. The summed E-state index contributed by atoms with van der Waals surface area (Å²) in [5, 5.41) is 3.80. The van der Waals surface area contributed by atoms with Crippen LogP contribution in [0, 0.1) is 5.92 Å². The van der Waals surface area contributed by atoms with E-state index in [-0.39, 0.29) is 18.1 Å². The third kappa shape index (κ3) is 1.20. The molecule has 0 amide bonds. The molecule has 0 saturated carbocycles. The number of halogens is 1. The molecule has 4 heteroatoms. The van der Waals surface area contributed by atoms with Gasteiger partial charge in [-0.3, -0.25) is 0 Å². The van der Waals surface area contributed by atoms with Crippen molar-refractivity contribution in [2.75, 3.05) is 13.3 Å². The minimum atomic E-state index is -0.454. The zero-order chi connectivity index (χ0) is 8.55. The Bertz CT molecular complexity index is 207. The Balaban J connectivity index is 2.06. The predicted octanol–water partition coefficient (Wildman–Crippen LogP) is 1.14. The van der Waals surface area contributed by atoms with Gasteiger partial charge < -0.3 is 9.57 Å². The fourth-order valence-corrected chi connectivity index (χ4v) is 1.70. The summed E-state index contributed by atoms with van der Waals surface area (Å²) in [6.07, 6.45) is 0.670. The van der Waals surface area contributed by atoms with Crippen LogP contribution in [-0.4, -0.2) is 31.2 Å². The molecule has 0 N–H and O–H groups in total. The quantitative estimate of drug-likeness (QED) is 0.595. The highest BCUT2D eigenvalue weighted by Gasteiger charge is 2.38. The van der Waals surface area contributed by atoms with Crippen molar-refractivity contribution in [3.05, 3.63) is 0 Å². The van der Waals surface area contributed by atoms with Gasteiger partial charge in [-0.2, -0.15) is 0 Å². The maximum Gasteiger partial charge on any atom is 0.164 e. The second kappa shape index (κ2) is 3.01. The van der Waals surface area contributed by atoms with Gasteiger partial charge in [-0.15, -0.1) is 0 Å². The van der Waals surface area contributed by atoms with E-state index < -0.39 is 6.67 Å². The summed E-state index contributed by atoms with van der Waals surface area (Å²) < 4.78 is 17.7. The number of hydrogen-bond donors (Lipinski definition) is 0. The van der Waals surface area contributed by atoms with Crippen molar-refractivity contribution in [1.82, 2.24) is 0 Å². The molecule has 0 spiro atoms. The molecule has 3 unspecified atom stereocenters. The van der Waals surface area contributed by atoms with E-state index in [0.29, 0.717) is 6.61 Å². The number of rotatable bonds is 1. The molecular weight excluding hydrogens is 161 g/mol. The molecule has 2 aliphatic rings. The first-order valence-corrected chi connectivity index (χ1v) is 4.21. The molecule has 0 aromatic heterocycles. The normalized spacial score (nSPS) is 40.2. The Kier molecular flexibility index (Phi) is 2.00. The first-order valence-electron chi connectivity index (χ1n) is 4.21. The van der Waals surface area contributed by atoms with Gasteiger partial charge >= 0.3 is 0 Å². The third-order valence-corrected chi connectivity index (χ3v) is 2.44. The lowest BCUT2D eigenvalue weighted by atomic mass is 9.90. The SMILES string of the molecule is CC1CC2C(=NOC2CF)CO1. The van der Waals surface area contributed by atoms with E-state index in [2.05, 4.69) is 5.16 Å². The van der Waals surface area contributed by atoms with E-state index >= 15 is 0 Å². The highest BCUT2D eigenvalue weighted by atomic mass is 19.1. The molecule has 0 aliphatic carbocycles. The molecule has 1 fully saturated rings. The molecule has 2 heterocycles. The van der Waals surface area contributed by atoms with Crippen LogP contribution >= 0.6 is 0 Å². The first kappa shape index (κ1) is 7.98. The largest absolute Gasteiger partial charge is 0.389 e. The number of fused-ring (bicyclic) bond motifs is 1. The Morgan fingerprint density at radius 1 is 1.67 bits per heavy atom. The summed E-state index contributed by atoms with van der Waals surface area (Å²) in [6, 6.07) is 0. The molecular formula is C8H12FNO2. The number of nitrogens with zero attached hydrogens (tertiary/aromatic N) is 1. The lowest BCUT2D eigenvalue weighted by Crippen LogP contribution is -2.36. The molecule has 1 saturated heterocycles. The van der Waals surface area contributed by atoms with E-state index in [9.17, 15) is 4.39 Å². The van der Waals surface area contributed by atoms with Crippen molar-refractivity contribution >= 4 is 5.71 Å². The second-order valence-corrected chi connectivity index (χ2v) is 3.34. The van der Waals surface area contributed by atoms with Crippen LogP contribution in [-0.2, 0) is 9.57 Å². The maximum absolute atomic E-state index is 12.4. The fraction of sp³-hybridized carbons (Fsp3) is 0.875. The topological polar surface area (TPSA) is 30.8 Å². The highest BCUT2D eigenvalue weighted by molar-refractivity contribution is 5.89. The van der Waals surface area contributed by atoms with E-state index in [1.807, 2.05) is 6.92 Å². The number of oxime groups is 1. The van der Waals surface area contributed by atoms with E-state index in [1.54, 1.807) is 0 Å². The number of alkyl halides is 1. The van der Waals surface area contributed by atoms with Crippen LogP contribution in [0.15, 0.2) is 5.16 Å². The third-order valence-electron chi connectivity index (χ3n) is 2.44. The summed E-state index contributed by atoms with van der Waals surface area (Å²) in [5.41, 5.74) is 0.871. The van der Waals surface area contributed by atoms with Gasteiger partial charge in [0.15, 0.2) is 6.10 Å². The van der Waals surface area contributed by atoms with E-state index in [4.69, 9.17) is 9.57 Å². The van der Waals surface area contributed by atoms with Crippen LogP contribution in [0.2, 0.25) is 0 Å². The lowest BCUT2D eigenvalue weighted by molar-refractivity contribution is 0.0135. The van der Waals surface area contributed by atoms with Crippen molar-refractivity contribution in [1.29, 1.82) is 0 Å². The van der Waals surface area contributed by atoms with Crippen molar-refractivity contribution in [3.8, 4) is 0 Å². The Morgan fingerprint density at radius 2 is 2.50 bits per heavy atom. The fourth-order valence-electron chi connectivity index (χ4n) is 1.70. The number of hydrogen-bond acceptors (Lipinski definition) is 3. The smallest absolute Gasteiger partial charge is 0.164 e. The van der Waals surface area contributed by atoms with Crippen molar-refractivity contribution in [2.45, 2.75) is 25.6 Å². The minimum absolute atomic E-state index is 0.152. The first-order chi connectivity index (χ1) is 5.81. The van der Waals surface area contributed by atoms with Crippen molar-refractivity contribution in [2.24, 2.45) is 11.1 Å². The molecule has 2 rings (SSSR count). The van der Waals surface area contributed by atoms with Crippen molar-refractivity contribution in [3.63, 3.8) is 0 Å². The van der Waals surface area contributed by atoms with Gasteiger partial charge in [0, 0.05) is 5.92 Å². The second-order valence-electron chi connectivity index (χ2n) is 3.34. The van der Waals surface area contributed by atoms with Crippen LogP contribution in [0.5, 0.6) is 0 Å². The Hall–Kier alpha value is -0.640. The highest BCUT2D eigenvalue weighted by Crippen LogP contribution is 2.28. The van der Waals surface area contributed by atoms with Gasteiger partial charge in [-0.25, -0.2) is 4.39 Å². The molecule has 68 valence electrons. The summed E-state index contributed by atoms with van der Waals surface area (Å²) >= 11 is 0. The molecule has 0 radical (unpaired) electrons. The van der Waals surface area contributed by atoms with Gasteiger partial charge in [0.2, 0.25) is 0 Å². The van der Waals surface area contributed by atoms with Gasteiger partial charge in [0.1, 0.15) is 6.67 Å². The molecule has 2 aliphatic heterocycles. The number of ether oxygens (including phenoxy) is 1. The van der Waals surface area contributed by atoms with Crippen LogP contribution < -0.4 is 0 Å². The van der Waals surface area contributed by atoms with Crippen LogP contribution in [0.25, 0.3) is 0 Å². The monoisotopic (exact) mass is 173 g/mol. The summed E-state index contributed by atoms with van der Waals surface area (Å²) in [4.78, 5) is 4.93. The predicted molar refractivity (Wildman–Crippen MR) is 41.8 cm³/mol. The Morgan fingerprint density at radius 3 is 3.25 bits per heavy atom. The minimum Gasteiger partial charge on any atom is -0.389 e. The summed E-state index contributed by atoms with van der Waals surface area (Å²) in [7, 11) is 0. The average molecular weight is 173 g/mol. The van der Waals surface area contributed by atoms with Gasteiger partial charge in [-0.1, -0.05) is 5.16 Å².